The summed E-state index contributed by atoms with van der Waals surface area (Å²) >= 11 is 6.08. The zero-order valence-corrected chi connectivity index (χ0v) is 13.6. The SMILES string of the molecule is O=C(O)CN1OC2(NON(Cc3ccccc3)O2)c2cc(Cl)ccc21. The Kier molecular flexibility index (Phi) is 4.08. The Morgan fingerprint density at radius 1 is 1.20 bits per heavy atom. The number of aliphatic carboxylic acids is 1. The van der Waals surface area contributed by atoms with Crippen LogP contribution >= 0.6 is 11.6 Å². The van der Waals surface area contributed by atoms with Gasteiger partial charge in [-0.2, -0.15) is 4.94 Å². The van der Waals surface area contributed by atoms with Crippen molar-refractivity contribution in [3.05, 3.63) is 64.7 Å². The van der Waals surface area contributed by atoms with Gasteiger partial charge in [0.05, 0.1) is 17.8 Å². The fourth-order valence-corrected chi connectivity index (χ4v) is 2.88. The van der Waals surface area contributed by atoms with Gasteiger partial charge >= 0.3 is 11.9 Å². The van der Waals surface area contributed by atoms with Crippen molar-refractivity contribution in [3.63, 3.8) is 0 Å². The van der Waals surface area contributed by atoms with Crippen LogP contribution in [0.3, 0.4) is 0 Å². The number of benzene rings is 2. The van der Waals surface area contributed by atoms with Crippen LogP contribution in [0.15, 0.2) is 48.5 Å². The third-order valence-electron chi connectivity index (χ3n) is 3.77. The lowest BCUT2D eigenvalue weighted by atomic mass is 10.1. The molecule has 1 fully saturated rings. The average molecular weight is 364 g/mol. The van der Waals surface area contributed by atoms with E-state index in [1.165, 1.54) is 10.3 Å². The van der Waals surface area contributed by atoms with Crippen molar-refractivity contribution >= 4 is 23.3 Å². The van der Waals surface area contributed by atoms with E-state index in [9.17, 15) is 4.79 Å². The van der Waals surface area contributed by atoms with Crippen LogP contribution in [-0.4, -0.2) is 22.8 Å². The van der Waals surface area contributed by atoms with Gasteiger partial charge in [0.1, 0.15) is 6.54 Å². The fourth-order valence-electron chi connectivity index (χ4n) is 2.71. The molecule has 2 aromatic rings. The van der Waals surface area contributed by atoms with E-state index in [2.05, 4.69) is 5.48 Å². The second-order valence-electron chi connectivity index (χ2n) is 5.56. The predicted molar refractivity (Wildman–Crippen MR) is 86.5 cm³/mol. The first-order chi connectivity index (χ1) is 12.1. The molecule has 1 unspecified atom stereocenters. The number of carboxylic acids is 1. The van der Waals surface area contributed by atoms with Crippen molar-refractivity contribution in [1.82, 2.24) is 10.7 Å². The molecular formula is C16H14ClN3O5. The molecule has 1 saturated heterocycles. The van der Waals surface area contributed by atoms with Crippen molar-refractivity contribution in [2.45, 2.75) is 12.5 Å². The van der Waals surface area contributed by atoms with Gasteiger partial charge in [-0.15, -0.1) is 5.48 Å². The highest BCUT2D eigenvalue weighted by atomic mass is 35.5. The molecule has 25 heavy (non-hydrogen) atoms. The maximum Gasteiger partial charge on any atom is 0.325 e. The number of nitrogens with zero attached hydrogens (tertiary/aromatic N) is 2. The standard InChI is InChI=1S/C16H14ClN3O5/c17-12-6-7-14-13(8-12)16(23-19(14)10-15(21)22)18-25-20(24-16)9-11-4-2-1-3-5-11/h1-8,18H,9-10H2,(H,21,22). The van der Waals surface area contributed by atoms with Crippen LogP contribution in [0.1, 0.15) is 11.1 Å². The molecular weight excluding hydrogens is 350 g/mol. The minimum absolute atomic E-state index is 0.341. The molecule has 0 aliphatic carbocycles. The van der Waals surface area contributed by atoms with Gasteiger partial charge in [-0.05, 0) is 29.0 Å². The number of fused-ring (bicyclic) bond motifs is 2. The number of nitrogens with one attached hydrogen (secondary N) is 1. The molecule has 2 aromatic carbocycles. The highest BCUT2D eigenvalue weighted by Gasteiger charge is 2.53. The van der Waals surface area contributed by atoms with E-state index in [-0.39, 0.29) is 6.54 Å². The number of halogens is 1. The first-order valence-electron chi connectivity index (χ1n) is 7.49. The molecule has 0 amide bonds. The van der Waals surface area contributed by atoms with Gasteiger partial charge in [0, 0.05) is 5.02 Å². The van der Waals surface area contributed by atoms with Crippen LogP contribution in [0.2, 0.25) is 5.02 Å². The quantitative estimate of drug-likeness (QED) is 0.855. The Balaban J connectivity index is 1.60. The molecule has 8 nitrogen and oxygen atoms in total. The van der Waals surface area contributed by atoms with E-state index in [1.54, 1.807) is 18.2 Å². The maximum absolute atomic E-state index is 11.1. The lowest BCUT2D eigenvalue weighted by Gasteiger charge is -2.21. The first-order valence-corrected chi connectivity index (χ1v) is 7.87. The smallest absolute Gasteiger partial charge is 0.325 e. The van der Waals surface area contributed by atoms with E-state index >= 15 is 0 Å². The van der Waals surface area contributed by atoms with Gasteiger partial charge in [-0.25, -0.2) is 14.7 Å². The number of hydrogen-bond acceptors (Lipinski definition) is 7. The number of hydroxylamine groups is 4. The van der Waals surface area contributed by atoms with Crippen molar-refractivity contribution in [1.29, 1.82) is 0 Å². The molecule has 130 valence electrons. The van der Waals surface area contributed by atoms with Gasteiger partial charge in [0.15, 0.2) is 0 Å². The first kappa shape index (κ1) is 16.3. The van der Waals surface area contributed by atoms with Gasteiger partial charge in [0.2, 0.25) is 0 Å². The van der Waals surface area contributed by atoms with E-state index in [0.717, 1.165) is 5.56 Å². The Morgan fingerprint density at radius 2 is 2.00 bits per heavy atom. The number of carbonyl (C=O) groups is 1. The topological polar surface area (TPSA) is 83.5 Å². The normalized spacial score (nSPS) is 22.5. The molecule has 4 rings (SSSR count). The van der Waals surface area contributed by atoms with Crippen LogP contribution in [0.5, 0.6) is 0 Å². The molecule has 9 heteroatoms. The van der Waals surface area contributed by atoms with Crippen LogP contribution in [0.4, 0.5) is 5.69 Å². The fraction of sp³-hybridized carbons (Fsp3) is 0.188. The monoisotopic (exact) mass is 363 g/mol. The second-order valence-corrected chi connectivity index (χ2v) is 6.00. The minimum atomic E-state index is -1.50. The lowest BCUT2D eigenvalue weighted by molar-refractivity contribution is -0.367. The molecule has 0 radical (unpaired) electrons. The van der Waals surface area contributed by atoms with Gasteiger partial charge < -0.3 is 5.11 Å². The van der Waals surface area contributed by atoms with Crippen LogP contribution in [0.25, 0.3) is 0 Å². The number of hydrogen-bond donors (Lipinski definition) is 2. The average Bonchev–Trinajstić information content (AvgIpc) is 3.10. The summed E-state index contributed by atoms with van der Waals surface area (Å²) in [4.78, 5) is 28.0. The highest BCUT2D eigenvalue weighted by molar-refractivity contribution is 6.30. The summed E-state index contributed by atoms with van der Waals surface area (Å²) in [5, 5.41) is 12.0. The maximum atomic E-state index is 11.1. The minimum Gasteiger partial charge on any atom is -0.480 e. The summed E-state index contributed by atoms with van der Waals surface area (Å²) in [5.41, 5.74) is 4.70. The largest absolute Gasteiger partial charge is 0.480 e. The molecule has 2 aliphatic heterocycles. The Labute approximate surface area is 147 Å². The Morgan fingerprint density at radius 3 is 2.76 bits per heavy atom. The van der Waals surface area contributed by atoms with E-state index < -0.39 is 11.9 Å². The second kappa shape index (κ2) is 6.26. The lowest BCUT2D eigenvalue weighted by Crippen LogP contribution is -2.41. The van der Waals surface area contributed by atoms with Crippen molar-refractivity contribution in [2.24, 2.45) is 0 Å². The highest BCUT2D eigenvalue weighted by Crippen LogP contribution is 2.45. The van der Waals surface area contributed by atoms with Crippen LogP contribution in [-0.2, 0) is 31.9 Å². The van der Waals surface area contributed by atoms with Crippen molar-refractivity contribution < 1.29 is 24.5 Å². The number of carboxylic acid groups (broad SMARTS) is 1. The molecule has 0 saturated carbocycles. The molecule has 0 aromatic heterocycles. The summed E-state index contributed by atoms with van der Waals surface area (Å²) in [6.45, 7) is -0.0200. The van der Waals surface area contributed by atoms with Crippen LogP contribution in [0, 0.1) is 0 Å². The Hall–Kier alpha value is -2.20. The summed E-state index contributed by atoms with van der Waals surface area (Å²) in [6.07, 6.45) is 0. The zero-order valence-electron chi connectivity index (χ0n) is 12.9. The van der Waals surface area contributed by atoms with E-state index in [4.69, 9.17) is 31.3 Å². The molecule has 2 N–H and O–H groups in total. The molecule has 2 aliphatic rings. The van der Waals surface area contributed by atoms with Crippen molar-refractivity contribution in [3.8, 4) is 0 Å². The summed E-state index contributed by atoms with van der Waals surface area (Å²) < 4.78 is 0. The van der Waals surface area contributed by atoms with Gasteiger partial charge in [0.25, 0.3) is 0 Å². The van der Waals surface area contributed by atoms with Gasteiger partial charge in [-0.3, -0.25) is 4.79 Å². The van der Waals surface area contributed by atoms with E-state index in [0.29, 0.717) is 22.8 Å². The number of rotatable bonds is 4. The zero-order chi connectivity index (χ0) is 17.4. The molecule has 1 spiro atoms. The predicted octanol–water partition coefficient (Wildman–Crippen LogP) is 2.17. The molecule has 1 atom stereocenters. The van der Waals surface area contributed by atoms with Gasteiger partial charge in [-0.1, -0.05) is 41.9 Å². The third kappa shape index (κ3) is 3.07. The summed E-state index contributed by atoms with van der Waals surface area (Å²) in [6, 6.07) is 14.5. The summed E-state index contributed by atoms with van der Waals surface area (Å²) in [5.74, 6) is -2.54. The van der Waals surface area contributed by atoms with E-state index in [1.807, 2.05) is 30.3 Å². The number of anilines is 1. The van der Waals surface area contributed by atoms with Crippen LogP contribution < -0.4 is 10.5 Å². The third-order valence-corrected chi connectivity index (χ3v) is 4.00. The summed E-state index contributed by atoms with van der Waals surface area (Å²) in [7, 11) is 0. The Bertz CT molecular complexity index is 806. The molecule has 2 heterocycles. The van der Waals surface area contributed by atoms with Crippen molar-refractivity contribution in [2.75, 3.05) is 11.6 Å². The molecule has 0 bridgehead atoms.